The molecule has 1 N–H and O–H groups in total. The highest BCUT2D eigenvalue weighted by atomic mass is 32.2. The minimum atomic E-state index is -3.25. The molecule has 22 heavy (non-hydrogen) atoms. The summed E-state index contributed by atoms with van der Waals surface area (Å²) in [5.41, 5.74) is 1.43. The summed E-state index contributed by atoms with van der Waals surface area (Å²) in [4.78, 5) is 11.8. The van der Waals surface area contributed by atoms with E-state index in [9.17, 15) is 13.2 Å². The molecular formula is C16H30N2O3S. The fraction of sp³-hybridized carbons (Fsp3) is 0.812. The van der Waals surface area contributed by atoms with Crippen molar-refractivity contribution in [3.63, 3.8) is 0 Å². The molecule has 1 aliphatic rings. The molecule has 128 valence electrons. The number of carbonyl (C=O) groups excluding carboxylic acids is 1. The van der Waals surface area contributed by atoms with Gasteiger partial charge in [-0.3, -0.25) is 4.79 Å². The smallest absolute Gasteiger partial charge is 0.221 e. The van der Waals surface area contributed by atoms with E-state index in [-0.39, 0.29) is 24.8 Å². The van der Waals surface area contributed by atoms with Gasteiger partial charge in [-0.15, -0.1) is 0 Å². The summed E-state index contributed by atoms with van der Waals surface area (Å²) in [6.45, 7) is 5.30. The fourth-order valence-corrected chi connectivity index (χ4v) is 3.60. The third kappa shape index (κ3) is 7.94. The zero-order valence-corrected chi connectivity index (χ0v) is 14.9. The maximum atomic E-state index is 11.8. The Labute approximate surface area is 135 Å². The van der Waals surface area contributed by atoms with E-state index in [4.69, 9.17) is 0 Å². The van der Waals surface area contributed by atoms with Crippen LogP contribution in [-0.4, -0.2) is 44.5 Å². The van der Waals surface area contributed by atoms with Gasteiger partial charge in [0.2, 0.25) is 15.9 Å². The minimum Gasteiger partial charge on any atom is -0.356 e. The first-order valence-corrected chi connectivity index (χ1v) is 10.0. The molecule has 0 saturated carbocycles. The van der Waals surface area contributed by atoms with Gasteiger partial charge in [-0.2, -0.15) is 0 Å². The zero-order chi connectivity index (χ0) is 16.6. The summed E-state index contributed by atoms with van der Waals surface area (Å²) in [6.07, 6.45) is 9.43. The average Bonchev–Trinajstić information content (AvgIpc) is 2.43. The van der Waals surface area contributed by atoms with E-state index >= 15 is 0 Å². The lowest BCUT2D eigenvalue weighted by Gasteiger charge is -2.21. The highest BCUT2D eigenvalue weighted by molar-refractivity contribution is 7.88. The first kappa shape index (κ1) is 19.2. The van der Waals surface area contributed by atoms with E-state index in [0.29, 0.717) is 13.1 Å². The SMILES string of the molecule is CC(C)CN(CCC(=O)NCCC1=CCCCC1)S(C)(=O)=O. The number of hydrogen-bond acceptors (Lipinski definition) is 3. The van der Waals surface area contributed by atoms with Crippen molar-refractivity contribution in [2.45, 2.75) is 52.4 Å². The number of amides is 1. The van der Waals surface area contributed by atoms with Gasteiger partial charge in [0.15, 0.2) is 0 Å². The molecule has 0 saturated heterocycles. The fourth-order valence-electron chi connectivity index (χ4n) is 2.61. The van der Waals surface area contributed by atoms with Gasteiger partial charge in [-0.25, -0.2) is 12.7 Å². The van der Waals surface area contributed by atoms with Crippen LogP contribution in [0.5, 0.6) is 0 Å². The molecule has 1 rings (SSSR count). The van der Waals surface area contributed by atoms with Gasteiger partial charge in [0.25, 0.3) is 0 Å². The van der Waals surface area contributed by atoms with Crippen LogP contribution < -0.4 is 5.32 Å². The predicted octanol–water partition coefficient (Wildman–Crippen LogP) is 2.30. The molecule has 6 heteroatoms. The molecule has 1 amide bonds. The lowest BCUT2D eigenvalue weighted by molar-refractivity contribution is -0.121. The van der Waals surface area contributed by atoms with Crippen molar-refractivity contribution in [1.29, 1.82) is 0 Å². The minimum absolute atomic E-state index is 0.0752. The van der Waals surface area contributed by atoms with Crippen molar-refractivity contribution in [2.75, 3.05) is 25.9 Å². The molecule has 0 unspecified atom stereocenters. The number of nitrogens with zero attached hydrogens (tertiary/aromatic N) is 1. The van der Waals surface area contributed by atoms with Crippen LogP contribution in [-0.2, 0) is 14.8 Å². The Morgan fingerprint density at radius 1 is 1.36 bits per heavy atom. The van der Waals surface area contributed by atoms with Gasteiger partial charge in [0, 0.05) is 26.1 Å². The summed E-state index contributed by atoms with van der Waals surface area (Å²) in [5.74, 6) is 0.171. The van der Waals surface area contributed by atoms with E-state index in [1.807, 2.05) is 13.8 Å². The van der Waals surface area contributed by atoms with Crippen LogP contribution in [0.25, 0.3) is 0 Å². The highest BCUT2D eigenvalue weighted by Gasteiger charge is 2.18. The molecule has 0 aromatic heterocycles. The first-order chi connectivity index (χ1) is 10.3. The van der Waals surface area contributed by atoms with Crippen LogP contribution in [0.1, 0.15) is 52.4 Å². The molecule has 0 aromatic carbocycles. The van der Waals surface area contributed by atoms with Gasteiger partial charge < -0.3 is 5.32 Å². The maximum absolute atomic E-state index is 11.8. The average molecular weight is 330 g/mol. The first-order valence-electron chi connectivity index (χ1n) is 8.18. The number of hydrogen-bond donors (Lipinski definition) is 1. The van der Waals surface area contributed by atoms with Crippen LogP contribution >= 0.6 is 0 Å². The van der Waals surface area contributed by atoms with Crippen molar-refractivity contribution in [1.82, 2.24) is 9.62 Å². The van der Waals surface area contributed by atoms with Crippen LogP contribution in [0.4, 0.5) is 0 Å². The lowest BCUT2D eigenvalue weighted by Crippen LogP contribution is -2.37. The van der Waals surface area contributed by atoms with Gasteiger partial charge in [-0.05, 0) is 38.0 Å². The summed E-state index contributed by atoms with van der Waals surface area (Å²) in [7, 11) is -3.25. The van der Waals surface area contributed by atoms with Gasteiger partial charge in [0.05, 0.1) is 6.26 Å². The van der Waals surface area contributed by atoms with E-state index in [0.717, 1.165) is 19.3 Å². The van der Waals surface area contributed by atoms with Crippen molar-refractivity contribution < 1.29 is 13.2 Å². The number of rotatable bonds is 9. The topological polar surface area (TPSA) is 66.5 Å². The summed E-state index contributed by atoms with van der Waals surface area (Å²) in [5, 5.41) is 2.89. The molecule has 0 radical (unpaired) electrons. The Morgan fingerprint density at radius 3 is 2.64 bits per heavy atom. The number of nitrogens with one attached hydrogen (secondary N) is 1. The molecule has 0 fully saturated rings. The van der Waals surface area contributed by atoms with Crippen LogP contribution in [0.15, 0.2) is 11.6 Å². The third-order valence-electron chi connectivity index (χ3n) is 3.78. The molecule has 0 atom stereocenters. The summed E-state index contributed by atoms with van der Waals surface area (Å²) >= 11 is 0. The van der Waals surface area contributed by atoms with Crippen LogP contribution in [0.3, 0.4) is 0 Å². The Balaban J connectivity index is 2.29. The molecule has 0 bridgehead atoms. The van der Waals surface area contributed by atoms with Gasteiger partial charge in [-0.1, -0.05) is 25.5 Å². The second-order valence-electron chi connectivity index (χ2n) is 6.47. The second kappa shape index (κ2) is 9.30. The predicted molar refractivity (Wildman–Crippen MR) is 90.0 cm³/mol. The molecule has 5 nitrogen and oxygen atoms in total. The summed E-state index contributed by atoms with van der Waals surface area (Å²) < 4.78 is 24.8. The van der Waals surface area contributed by atoms with Gasteiger partial charge in [0.1, 0.15) is 0 Å². The van der Waals surface area contributed by atoms with Crippen molar-refractivity contribution in [3.8, 4) is 0 Å². The normalized spacial score (nSPS) is 16.0. The highest BCUT2D eigenvalue weighted by Crippen LogP contribution is 2.19. The van der Waals surface area contributed by atoms with E-state index < -0.39 is 10.0 Å². The summed E-state index contributed by atoms with van der Waals surface area (Å²) in [6, 6.07) is 0. The van der Waals surface area contributed by atoms with Crippen molar-refractivity contribution >= 4 is 15.9 Å². The van der Waals surface area contributed by atoms with Crippen LogP contribution in [0, 0.1) is 5.92 Å². The second-order valence-corrected chi connectivity index (χ2v) is 8.46. The Bertz CT molecular complexity index is 484. The van der Waals surface area contributed by atoms with E-state index in [2.05, 4.69) is 11.4 Å². The number of allylic oxidation sites excluding steroid dienone is 1. The molecule has 0 heterocycles. The molecule has 0 aliphatic heterocycles. The van der Waals surface area contributed by atoms with Crippen molar-refractivity contribution in [3.05, 3.63) is 11.6 Å². The Kier molecular flexibility index (Phi) is 8.10. The third-order valence-corrected chi connectivity index (χ3v) is 5.05. The Hall–Kier alpha value is -0.880. The molecule has 1 aliphatic carbocycles. The van der Waals surface area contributed by atoms with Gasteiger partial charge >= 0.3 is 0 Å². The number of sulfonamides is 1. The lowest BCUT2D eigenvalue weighted by atomic mass is 9.97. The van der Waals surface area contributed by atoms with E-state index in [1.54, 1.807) is 0 Å². The maximum Gasteiger partial charge on any atom is 0.221 e. The quantitative estimate of drug-likeness (QED) is 0.660. The molecule has 0 aromatic rings. The molecule has 0 spiro atoms. The molecular weight excluding hydrogens is 300 g/mol. The standard InChI is InChI=1S/C16H30N2O3S/c1-14(2)13-18(22(3,20)21)12-10-16(19)17-11-9-15-7-5-4-6-8-15/h7,14H,4-6,8-13H2,1-3H3,(H,17,19). The monoisotopic (exact) mass is 330 g/mol. The Morgan fingerprint density at radius 2 is 2.09 bits per heavy atom. The zero-order valence-electron chi connectivity index (χ0n) is 14.1. The van der Waals surface area contributed by atoms with Crippen molar-refractivity contribution in [2.24, 2.45) is 5.92 Å². The number of carbonyl (C=O) groups is 1. The largest absolute Gasteiger partial charge is 0.356 e. The van der Waals surface area contributed by atoms with Crippen LogP contribution in [0.2, 0.25) is 0 Å². The van der Waals surface area contributed by atoms with E-state index in [1.165, 1.54) is 29.0 Å².